The summed E-state index contributed by atoms with van der Waals surface area (Å²) in [5.41, 5.74) is 0. The van der Waals surface area contributed by atoms with Crippen molar-refractivity contribution in [2.75, 3.05) is 0 Å². The molecule has 0 bridgehead atoms. The lowest BCUT2D eigenvalue weighted by molar-refractivity contribution is 3.24. The maximum Gasteiger partial charge on any atom is 0.0297 e. The summed E-state index contributed by atoms with van der Waals surface area (Å²) in [6, 6.07) is 0. The Labute approximate surface area is 36.8 Å². The maximum atomic E-state index is 3.96. The van der Waals surface area contributed by atoms with Crippen LogP contribution in [0.25, 0.3) is 0 Å². The van der Waals surface area contributed by atoms with E-state index in [0.717, 1.165) is 0 Å². The van der Waals surface area contributed by atoms with Crippen LogP contribution in [0.4, 0.5) is 0 Å². The number of rotatable bonds is 0. The molecule has 20 valence electrons. The SMILES string of the molecule is S=C=S.[C]. The maximum absolute atomic E-state index is 3.96. The first-order valence-electron chi connectivity index (χ1n) is 0.408. The summed E-state index contributed by atoms with van der Waals surface area (Å²) in [5.74, 6) is 0. The van der Waals surface area contributed by atoms with Crippen molar-refractivity contribution in [1.82, 2.24) is 0 Å². The van der Waals surface area contributed by atoms with Crippen LogP contribution in [0.3, 0.4) is 0 Å². The predicted octanol–water partition coefficient (Wildman–Crippen LogP) is 1.10. The van der Waals surface area contributed by atoms with Crippen LogP contribution in [-0.2, 0) is 0 Å². The van der Waals surface area contributed by atoms with Crippen molar-refractivity contribution in [3.8, 4) is 0 Å². The summed E-state index contributed by atoms with van der Waals surface area (Å²) < 4.78 is 1.92. The molecule has 0 aliphatic carbocycles. The minimum atomic E-state index is 0. The highest BCUT2D eigenvalue weighted by molar-refractivity contribution is 7.93. The van der Waals surface area contributed by atoms with Gasteiger partial charge in [-0.3, -0.25) is 0 Å². The highest BCUT2D eigenvalue weighted by Crippen LogP contribution is 1.29. The van der Waals surface area contributed by atoms with Crippen LogP contribution in [0.2, 0.25) is 0 Å². The summed E-state index contributed by atoms with van der Waals surface area (Å²) in [6.45, 7) is 0. The molecule has 0 spiro atoms. The van der Waals surface area contributed by atoms with Crippen LogP contribution >= 0.6 is 24.4 Å². The second-order valence-corrected chi connectivity index (χ2v) is 0.750. The highest BCUT2D eigenvalue weighted by atomic mass is 32.1. The van der Waals surface area contributed by atoms with Crippen molar-refractivity contribution < 1.29 is 0 Å². The average molecular weight is 88.2 g/mol. The third kappa shape index (κ3) is 68.3. The quantitative estimate of drug-likeness (QED) is 0.407. The second-order valence-electron chi connectivity index (χ2n) is 0.0833. The molecular weight excluding hydrogens is 88.2 g/mol. The van der Waals surface area contributed by atoms with Crippen molar-refractivity contribution in [3.05, 3.63) is 7.43 Å². The van der Waals surface area contributed by atoms with Crippen LogP contribution in [0.15, 0.2) is 0 Å². The Kier molecular flexibility index (Phi) is 23.7. The average Bonchev–Trinajstić information content (AvgIpc) is 0.918. The molecule has 0 N–H and O–H groups in total. The van der Waals surface area contributed by atoms with Crippen LogP contribution in [0, 0.1) is 7.43 Å². The lowest BCUT2D eigenvalue weighted by atomic mass is 12.0. The Morgan fingerprint density at radius 3 is 1.25 bits per heavy atom. The van der Waals surface area contributed by atoms with Gasteiger partial charge in [0.05, 0.1) is 0 Å². The van der Waals surface area contributed by atoms with Gasteiger partial charge in [-0.05, 0) is 24.4 Å². The summed E-state index contributed by atoms with van der Waals surface area (Å²) >= 11 is 7.92. The van der Waals surface area contributed by atoms with E-state index in [-0.39, 0.29) is 7.43 Å². The van der Waals surface area contributed by atoms with E-state index in [4.69, 9.17) is 0 Å². The smallest absolute Gasteiger partial charge is 0.0148 e. The number of thiocarbonyl (C=S) groups is 2. The van der Waals surface area contributed by atoms with Gasteiger partial charge in [0, 0.05) is 11.7 Å². The zero-order chi connectivity index (χ0) is 2.71. The van der Waals surface area contributed by atoms with Crippen molar-refractivity contribution in [1.29, 1.82) is 0 Å². The fourth-order valence-corrected chi connectivity index (χ4v) is 0. The molecule has 0 nitrogen and oxygen atoms in total. The third-order valence-electron chi connectivity index (χ3n) is 0. The standard InChI is InChI=1S/CS2.C/c2-1-3;. The van der Waals surface area contributed by atoms with Gasteiger partial charge in [0.15, 0.2) is 0 Å². The Bertz CT molecular complexity index is 25.0. The molecule has 4 heavy (non-hydrogen) atoms. The van der Waals surface area contributed by atoms with Gasteiger partial charge in [0.2, 0.25) is 0 Å². The van der Waals surface area contributed by atoms with Crippen molar-refractivity contribution >= 4 is 28.7 Å². The van der Waals surface area contributed by atoms with Gasteiger partial charge in [-0.25, -0.2) is 0 Å². The highest BCUT2D eigenvalue weighted by Gasteiger charge is 1.01. The molecule has 0 rings (SSSR count). The minimum Gasteiger partial charge on any atom is -0.0148 e. The fourth-order valence-electron chi connectivity index (χ4n) is 0. The van der Waals surface area contributed by atoms with E-state index in [1.807, 2.05) is 4.31 Å². The molecule has 0 atom stereocenters. The van der Waals surface area contributed by atoms with E-state index in [1.165, 1.54) is 0 Å². The molecule has 0 aromatic heterocycles. The first kappa shape index (κ1) is 8.88. The molecule has 0 aliphatic heterocycles. The zero-order valence-electron chi connectivity index (χ0n) is 1.82. The van der Waals surface area contributed by atoms with E-state index in [0.29, 0.717) is 0 Å². The fraction of sp³-hybridized carbons (Fsp3) is 0. The van der Waals surface area contributed by atoms with E-state index < -0.39 is 0 Å². The summed E-state index contributed by atoms with van der Waals surface area (Å²) in [4.78, 5) is 0. The van der Waals surface area contributed by atoms with Crippen LogP contribution in [0.1, 0.15) is 0 Å². The van der Waals surface area contributed by atoms with Crippen molar-refractivity contribution in [3.63, 3.8) is 0 Å². The molecule has 0 aromatic carbocycles. The van der Waals surface area contributed by atoms with Gasteiger partial charge >= 0.3 is 0 Å². The molecule has 0 fully saturated rings. The number of hydrogen-bond acceptors (Lipinski definition) is 2. The topological polar surface area (TPSA) is 0 Å². The van der Waals surface area contributed by atoms with E-state index in [9.17, 15) is 0 Å². The molecular formula is C2S2. The monoisotopic (exact) mass is 87.9 g/mol. The van der Waals surface area contributed by atoms with Gasteiger partial charge in [-0.2, -0.15) is 0 Å². The Hall–Kier alpha value is 0.220. The molecule has 0 aromatic rings. The van der Waals surface area contributed by atoms with Gasteiger partial charge in [0.1, 0.15) is 0 Å². The van der Waals surface area contributed by atoms with Gasteiger partial charge in [0.25, 0.3) is 0 Å². The molecule has 0 unspecified atom stereocenters. The zero-order valence-corrected chi connectivity index (χ0v) is 3.45. The lowest BCUT2D eigenvalue weighted by Gasteiger charge is -0.992. The molecule has 0 aliphatic rings. The molecule has 0 heterocycles. The minimum absolute atomic E-state index is 0. The normalized spacial score (nSPS) is 2.00. The summed E-state index contributed by atoms with van der Waals surface area (Å²) in [6.07, 6.45) is 0. The van der Waals surface area contributed by atoms with Crippen molar-refractivity contribution in [2.45, 2.75) is 0 Å². The molecule has 4 radical (unpaired) electrons. The van der Waals surface area contributed by atoms with Crippen LogP contribution in [0.5, 0.6) is 0 Å². The lowest BCUT2D eigenvalue weighted by Crippen LogP contribution is -0.917. The van der Waals surface area contributed by atoms with Gasteiger partial charge in [-0.1, -0.05) is 0 Å². The predicted molar refractivity (Wildman–Crippen MR) is 23.4 cm³/mol. The molecule has 0 saturated heterocycles. The largest absolute Gasteiger partial charge is 0.0297 e. The first-order chi connectivity index (χ1) is 1.41. The third-order valence-corrected chi connectivity index (χ3v) is 0. The van der Waals surface area contributed by atoms with E-state index in [1.54, 1.807) is 0 Å². The Morgan fingerprint density at radius 1 is 1.25 bits per heavy atom. The molecule has 2 heteroatoms. The second kappa shape index (κ2) is 10.7. The van der Waals surface area contributed by atoms with Gasteiger partial charge < -0.3 is 0 Å². The van der Waals surface area contributed by atoms with E-state index in [2.05, 4.69) is 24.4 Å². The van der Waals surface area contributed by atoms with Crippen molar-refractivity contribution in [2.24, 2.45) is 0 Å². The van der Waals surface area contributed by atoms with E-state index >= 15 is 0 Å². The van der Waals surface area contributed by atoms with Crippen LogP contribution < -0.4 is 0 Å². The summed E-state index contributed by atoms with van der Waals surface area (Å²) in [5, 5.41) is 0. The Morgan fingerprint density at radius 2 is 1.25 bits per heavy atom. The van der Waals surface area contributed by atoms with Crippen LogP contribution in [-0.4, -0.2) is 4.31 Å². The molecule has 0 amide bonds. The summed E-state index contributed by atoms with van der Waals surface area (Å²) in [7, 11) is 0. The molecule has 0 saturated carbocycles. The first-order valence-corrected chi connectivity index (χ1v) is 1.22. The van der Waals surface area contributed by atoms with Gasteiger partial charge in [-0.15, -0.1) is 0 Å². The number of hydrogen-bond donors (Lipinski definition) is 0. The Balaban J connectivity index is 0.